The van der Waals surface area contributed by atoms with E-state index in [2.05, 4.69) is 15.9 Å². The van der Waals surface area contributed by atoms with E-state index in [1.807, 2.05) is 19.1 Å². The number of hydrogen-bond donors (Lipinski definition) is 1. The Balaban J connectivity index is 2.63. The fourth-order valence-corrected chi connectivity index (χ4v) is 2.66. The van der Waals surface area contributed by atoms with Crippen LogP contribution in [0.5, 0.6) is 11.5 Å². The summed E-state index contributed by atoms with van der Waals surface area (Å²) in [5.74, 6) is 0.842. The number of ether oxygens (including phenoxy) is 2. The lowest BCUT2D eigenvalue weighted by Crippen LogP contribution is -2.09. The zero-order valence-electron chi connectivity index (χ0n) is 12.1. The van der Waals surface area contributed by atoms with Crippen LogP contribution in [0.4, 0.5) is 5.69 Å². The maximum Gasteiger partial charge on any atom is 0.199 e. The normalized spacial score (nSPS) is 10.3. The van der Waals surface area contributed by atoms with Gasteiger partial charge in [0, 0.05) is 11.3 Å². The summed E-state index contributed by atoms with van der Waals surface area (Å²) in [5, 5.41) is 0. The Kier molecular flexibility index (Phi) is 4.53. The van der Waals surface area contributed by atoms with Gasteiger partial charge in [-0.3, -0.25) is 4.79 Å². The van der Waals surface area contributed by atoms with Gasteiger partial charge in [-0.05, 0) is 46.6 Å². The minimum Gasteiger partial charge on any atom is -0.496 e. The van der Waals surface area contributed by atoms with Gasteiger partial charge in [-0.1, -0.05) is 12.1 Å². The highest BCUT2D eigenvalue weighted by Gasteiger charge is 2.21. The molecule has 0 saturated heterocycles. The molecule has 0 aliphatic rings. The number of halogens is 1. The first kappa shape index (κ1) is 15.4. The molecule has 0 aliphatic carbocycles. The number of nitrogens with two attached hydrogens (primary N) is 1. The van der Waals surface area contributed by atoms with Gasteiger partial charge in [0.05, 0.1) is 24.3 Å². The molecule has 110 valence electrons. The van der Waals surface area contributed by atoms with E-state index in [9.17, 15) is 4.79 Å². The number of carbonyl (C=O) groups excluding carboxylic acids is 1. The number of aryl methyl sites for hydroxylation is 1. The second-order valence-electron chi connectivity index (χ2n) is 4.56. The van der Waals surface area contributed by atoms with Crippen LogP contribution >= 0.6 is 15.9 Å². The molecule has 0 amide bonds. The molecule has 0 fully saturated rings. The Morgan fingerprint density at radius 1 is 1.14 bits per heavy atom. The van der Waals surface area contributed by atoms with Crippen LogP contribution in [0.1, 0.15) is 21.5 Å². The molecule has 0 spiro atoms. The number of carbonyl (C=O) groups is 1. The molecule has 0 radical (unpaired) electrons. The number of ketones is 1. The second-order valence-corrected chi connectivity index (χ2v) is 5.41. The molecule has 2 N–H and O–H groups in total. The molecule has 2 aromatic rings. The summed E-state index contributed by atoms with van der Waals surface area (Å²) < 4.78 is 11.3. The zero-order valence-corrected chi connectivity index (χ0v) is 13.7. The van der Waals surface area contributed by atoms with Crippen LogP contribution in [0, 0.1) is 6.92 Å². The molecule has 0 aromatic heterocycles. The van der Waals surface area contributed by atoms with E-state index in [4.69, 9.17) is 15.2 Å². The predicted octanol–water partition coefficient (Wildman–Crippen LogP) is 3.59. The summed E-state index contributed by atoms with van der Waals surface area (Å²) in [4.78, 5) is 12.8. The van der Waals surface area contributed by atoms with Crippen LogP contribution in [0.25, 0.3) is 0 Å². The molecule has 5 heteroatoms. The Labute approximate surface area is 132 Å². The van der Waals surface area contributed by atoms with Crippen LogP contribution in [0.15, 0.2) is 34.8 Å². The minimum atomic E-state index is -0.187. The molecular formula is C16H16BrNO3. The molecule has 2 aromatic carbocycles. The van der Waals surface area contributed by atoms with Crippen molar-refractivity contribution < 1.29 is 14.3 Å². The molecule has 0 aliphatic heterocycles. The quantitative estimate of drug-likeness (QED) is 0.676. The van der Waals surface area contributed by atoms with Crippen molar-refractivity contribution in [2.24, 2.45) is 0 Å². The highest BCUT2D eigenvalue weighted by Crippen LogP contribution is 2.35. The van der Waals surface area contributed by atoms with E-state index >= 15 is 0 Å². The molecule has 0 atom stereocenters. The number of anilines is 1. The third-order valence-electron chi connectivity index (χ3n) is 3.25. The largest absolute Gasteiger partial charge is 0.496 e. The molecule has 2 rings (SSSR count). The lowest BCUT2D eigenvalue weighted by Gasteiger charge is -2.13. The SMILES string of the molecule is COc1cc(C(=O)c2c(C)cccc2N)c(OC)cc1Br. The maximum absolute atomic E-state index is 12.8. The monoisotopic (exact) mass is 349 g/mol. The molecule has 0 unspecified atom stereocenters. The fraction of sp³-hybridized carbons (Fsp3) is 0.188. The molecule has 4 nitrogen and oxygen atoms in total. The number of hydrogen-bond acceptors (Lipinski definition) is 4. The van der Waals surface area contributed by atoms with E-state index in [1.54, 1.807) is 25.3 Å². The van der Waals surface area contributed by atoms with Crippen molar-refractivity contribution in [3.63, 3.8) is 0 Å². The topological polar surface area (TPSA) is 61.5 Å². The van der Waals surface area contributed by atoms with E-state index < -0.39 is 0 Å². The summed E-state index contributed by atoms with van der Waals surface area (Å²) in [5.41, 5.74) is 8.12. The number of methoxy groups -OCH3 is 2. The standard InChI is InChI=1S/C16H16BrNO3/c1-9-5-4-6-12(18)15(9)16(19)10-7-14(21-3)11(17)8-13(10)20-2/h4-8H,18H2,1-3H3. The van der Waals surface area contributed by atoms with Crippen LogP contribution in [-0.2, 0) is 0 Å². The summed E-state index contributed by atoms with van der Waals surface area (Å²) in [6, 6.07) is 8.74. The molecular weight excluding hydrogens is 334 g/mol. The van der Waals surface area contributed by atoms with Gasteiger partial charge in [0.2, 0.25) is 0 Å². The molecule has 0 heterocycles. The first-order valence-corrected chi connectivity index (χ1v) is 7.10. The van der Waals surface area contributed by atoms with Gasteiger partial charge in [-0.25, -0.2) is 0 Å². The zero-order chi connectivity index (χ0) is 15.6. The van der Waals surface area contributed by atoms with Gasteiger partial charge in [0.25, 0.3) is 0 Å². The van der Waals surface area contributed by atoms with E-state index in [-0.39, 0.29) is 5.78 Å². The molecule has 0 bridgehead atoms. The lowest BCUT2D eigenvalue weighted by molar-refractivity contribution is 0.103. The van der Waals surface area contributed by atoms with Gasteiger partial charge in [0.15, 0.2) is 5.78 Å². The fourth-order valence-electron chi connectivity index (χ4n) is 2.17. The third-order valence-corrected chi connectivity index (χ3v) is 3.87. The van der Waals surface area contributed by atoms with Crippen molar-refractivity contribution in [1.29, 1.82) is 0 Å². The Morgan fingerprint density at radius 3 is 2.38 bits per heavy atom. The van der Waals surface area contributed by atoms with Crippen molar-refractivity contribution >= 4 is 27.4 Å². The first-order chi connectivity index (χ1) is 9.99. The minimum absolute atomic E-state index is 0.187. The summed E-state index contributed by atoms with van der Waals surface area (Å²) in [6.07, 6.45) is 0. The van der Waals surface area contributed by atoms with Crippen molar-refractivity contribution in [2.45, 2.75) is 6.92 Å². The Hall–Kier alpha value is -2.01. The molecule has 21 heavy (non-hydrogen) atoms. The van der Waals surface area contributed by atoms with Gasteiger partial charge < -0.3 is 15.2 Å². The smallest absolute Gasteiger partial charge is 0.199 e. The maximum atomic E-state index is 12.8. The Bertz CT molecular complexity index is 678. The van der Waals surface area contributed by atoms with Crippen molar-refractivity contribution in [2.75, 3.05) is 20.0 Å². The van der Waals surface area contributed by atoms with E-state index in [0.717, 1.165) is 10.0 Å². The highest BCUT2D eigenvalue weighted by molar-refractivity contribution is 9.10. The number of rotatable bonds is 4. The number of nitrogen functional groups attached to an aromatic ring is 1. The van der Waals surface area contributed by atoms with Crippen LogP contribution in [0.3, 0.4) is 0 Å². The van der Waals surface area contributed by atoms with Crippen molar-refractivity contribution in [1.82, 2.24) is 0 Å². The van der Waals surface area contributed by atoms with Gasteiger partial charge in [-0.2, -0.15) is 0 Å². The van der Waals surface area contributed by atoms with Crippen LogP contribution < -0.4 is 15.2 Å². The predicted molar refractivity (Wildman–Crippen MR) is 86.3 cm³/mol. The number of benzene rings is 2. The van der Waals surface area contributed by atoms with Gasteiger partial charge in [0.1, 0.15) is 11.5 Å². The van der Waals surface area contributed by atoms with E-state index in [0.29, 0.717) is 28.3 Å². The van der Waals surface area contributed by atoms with Crippen molar-refractivity contribution in [3.8, 4) is 11.5 Å². The van der Waals surface area contributed by atoms with Crippen LogP contribution in [0.2, 0.25) is 0 Å². The second kappa shape index (κ2) is 6.18. The van der Waals surface area contributed by atoms with Crippen LogP contribution in [-0.4, -0.2) is 20.0 Å². The average molecular weight is 350 g/mol. The lowest BCUT2D eigenvalue weighted by atomic mass is 9.96. The summed E-state index contributed by atoms with van der Waals surface area (Å²) in [6.45, 7) is 1.85. The highest BCUT2D eigenvalue weighted by atomic mass is 79.9. The third kappa shape index (κ3) is 2.88. The molecule has 0 saturated carbocycles. The van der Waals surface area contributed by atoms with Crippen molar-refractivity contribution in [3.05, 3.63) is 51.5 Å². The van der Waals surface area contributed by atoms with Gasteiger partial charge in [-0.15, -0.1) is 0 Å². The Morgan fingerprint density at radius 2 is 1.81 bits per heavy atom. The van der Waals surface area contributed by atoms with Gasteiger partial charge >= 0.3 is 0 Å². The average Bonchev–Trinajstić information content (AvgIpc) is 2.46. The summed E-state index contributed by atoms with van der Waals surface area (Å²) >= 11 is 3.38. The summed E-state index contributed by atoms with van der Waals surface area (Å²) in [7, 11) is 3.06. The first-order valence-electron chi connectivity index (χ1n) is 6.31. The van der Waals surface area contributed by atoms with E-state index in [1.165, 1.54) is 7.11 Å².